The lowest BCUT2D eigenvalue weighted by atomic mass is 10.3. The molecule has 0 aliphatic carbocycles. The molecule has 1 atom stereocenters. The summed E-state index contributed by atoms with van der Waals surface area (Å²) in [6.45, 7) is 0. The Kier molecular flexibility index (Phi) is 3.66. The fourth-order valence-electron chi connectivity index (χ4n) is 0.961. The molecule has 0 amide bonds. The molecule has 6 nitrogen and oxygen atoms in total. The van der Waals surface area contributed by atoms with Crippen LogP contribution in [-0.4, -0.2) is 23.4 Å². The maximum absolute atomic E-state index is 10.9. The minimum atomic E-state index is -3.34. The first-order chi connectivity index (χ1) is 6.87. The van der Waals surface area contributed by atoms with Crippen molar-refractivity contribution in [1.82, 2.24) is 0 Å². The lowest BCUT2D eigenvalue weighted by molar-refractivity contribution is 0.570. The van der Waals surface area contributed by atoms with Crippen molar-refractivity contribution in [3.05, 3.63) is 24.3 Å². The zero-order valence-electron chi connectivity index (χ0n) is 7.80. The van der Waals surface area contributed by atoms with Crippen molar-refractivity contribution in [2.45, 2.75) is 0 Å². The standard InChI is InChI=1S/C7H10N2O4S2/c1-15(12,13)9-7-4-2-3-6(5-7)8-14(10)11/h2-5,8-9H,1H3,(H,10,11). The Morgan fingerprint density at radius 3 is 2.47 bits per heavy atom. The van der Waals surface area contributed by atoms with Crippen LogP contribution in [0.15, 0.2) is 24.3 Å². The highest BCUT2D eigenvalue weighted by molar-refractivity contribution is 7.92. The maximum atomic E-state index is 10.9. The molecule has 1 aromatic carbocycles. The number of nitrogens with one attached hydrogen (secondary N) is 2. The summed E-state index contributed by atoms with van der Waals surface area (Å²) in [4.78, 5) is 0. The van der Waals surface area contributed by atoms with E-state index in [0.717, 1.165) is 6.26 Å². The van der Waals surface area contributed by atoms with Gasteiger partial charge in [0.2, 0.25) is 10.0 Å². The van der Waals surface area contributed by atoms with Gasteiger partial charge in [0.1, 0.15) is 0 Å². The minimum absolute atomic E-state index is 0.327. The predicted octanol–water partition coefficient (Wildman–Crippen LogP) is 0.607. The Labute approximate surface area is 90.2 Å². The summed E-state index contributed by atoms with van der Waals surface area (Å²) in [6, 6.07) is 6.05. The van der Waals surface area contributed by atoms with Crippen molar-refractivity contribution in [3.63, 3.8) is 0 Å². The molecule has 0 aliphatic heterocycles. The van der Waals surface area contributed by atoms with Gasteiger partial charge in [0.05, 0.1) is 17.6 Å². The second-order valence-electron chi connectivity index (χ2n) is 2.81. The van der Waals surface area contributed by atoms with Crippen LogP contribution in [0.2, 0.25) is 0 Å². The number of hydrogen-bond donors (Lipinski definition) is 3. The Balaban J connectivity index is 2.88. The molecule has 0 saturated heterocycles. The monoisotopic (exact) mass is 250 g/mol. The molecular formula is C7H10N2O4S2. The molecule has 0 fully saturated rings. The van der Waals surface area contributed by atoms with Gasteiger partial charge < -0.3 is 0 Å². The van der Waals surface area contributed by atoms with Crippen LogP contribution in [0.4, 0.5) is 11.4 Å². The van der Waals surface area contributed by atoms with Crippen molar-refractivity contribution in [2.75, 3.05) is 15.7 Å². The van der Waals surface area contributed by atoms with Crippen LogP contribution in [-0.2, 0) is 21.3 Å². The minimum Gasteiger partial charge on any atom is -0.289 e. The van der Waals surface area contributed by atoms with E-state index in [4.69, 9.17) is 4.55 Å². The summed E-state index contributed by atoms with van der Waals surface area (Å²) in [7, 11) is -3.34. The third kappa shape index (κ3) is 4.77. The molecule has 15 heavy (non-hydrogen) atoms. The van der Waals surface area contributed by atoms with Crippen molar-refractivity contribution in [3.8, 4) is 0 Å². The first-order valence-corrected chi connectivity index (χ1v) is 6.82. The Hall–Kier alpha value is -1.12. The Morgan fingerprint density at radius 2 is 1.93 bits per heavy atom. The molecule has 0 bridgehead atoms. The molecule has 1 rings (SSSR count). The number of anilines is 2. The number of sulfonamides is 1. The van der Waals surface area contributed by atoms with Crippen LogP contribution in [0.25, 0.3) is 0 Å². The highest BCUT2D eigenvalue weighted by Gasteiger charge is 2.02. The lowest BCUT2D eigenvalue weighted by Gasteiger charge is -2.06. The zero-order chi connectivity index (χ0) is 11.5. The zero-order valence-corrected chi connectivity index (χ0v) is 9.43. The van der Waals surface area contributed by atoms with Crippen molar-refractivity contribution in [2.24, 2.45) is 0 Å². The molecule has 8 heteroatoms. The summed E-state index contributed by atoms with van der Waals surface area (Å²) in [5.41, 5.74) is 0.678. The van der Waals surface area contributed by atoms with Gasteiger partial charge >= 0.3 is 0 Å². The van der Waals surface area contributed by atoms with E-state index in [2.05, 4.69) is 9.44 Å². The van der Waals surface area contributed by atoms with Crippen molar-refractivity contribution in [1.29, 1.82) is 0 Å². The summed E-state index contributed by atoms with van der Waals surface area (Å²) in [5, 5.41) is 0. The van der Waals surface area contributed by atoms with Gasteiger partial charge in [0.25, 0.3) is 11.3 Å². The van der Waals surface area contributed by atoms with Crippen molar-refractivity contribution >= 4 is 32.7 Å². The van der Waals surface area contributed by atoms with E-state index in [-0.39, 0.29) is 0 Å². The highest BCUT2D eigenvalue weighted by atomic mass is 32.2. The van der Waals surface area contributed by atoms with Gasteiger partial charge in [-0.15, -0.1) is 0 Å². The van der Waals surface area contributed by atoms with Crippen LogP contribution in [0.1, 0.15) is 0 Å². The average Bonchev–Trinajstić information content (AvgIpc) is 1.99. The molecule has 0 aromatic heterocycles. The van der Waals surface area contributed by atoms with E-state index in [1.54, 1.807) is 12.1 Å². The van der Waals surface area contributed by atoms with Crippen LogP contribution in [0, 0.1) is 0 Å². The van der Waals surface area contributed by atoms with Gasteiger partial charge in [-0.2, -0.15) is 0 Å². The summed E-state index contributed by atoms with van der Waals surface area (Å²) < 4.78 is 45.2. The highest BCUT2D eigenvalue weighted by Crippen LogP contribution is 2.15. The van der Waals surface area contributed by atoms with Crippen LogP contribution in [0.3, 0.4) is 0 Å². The van der Waals surface area contributed by atoms with Crippen LogP contribution in [0.5, 0.6) is 0 Å². The van der Waals surface area contributed by atoms with Gasteiger partial charge in [0.15, 0.2) is 0 Å². The third-order valence-corrected chi connectivity index (χ3v) is 2.39. The quantitative estimate of drug-likeness (QED) is 0.682. The molecule has 0 spiro atoms. The first-order valence-electron chi connectivity index (χ1n) is 3.82. The fourth-order valence-corrected chi connectivity index (χ4v) is 1.84. The first kappa shape index (κ1) is 12.0. The Morgan fingerprint density at radius 1 is 1.33 bits per heavy atom. The average molecular weight is 250 g/mol. The number of hydrogen-bond acceptors (Lipinski definition) is 3. The third-order valence-electron chi connectivity index (χ3n) is 1.37. The molecule has 0 radical (unpaired) electrons. The molecule has 0 aliphatic rings. The summed E-state index contributed by atoms with van der Waals surface area (Å²) in [5.74, 6) is 0. The van der Waals surface area contributed by atoms with Crippen molar-refractivity contribution < 1.29 is 17.2 Å². The molecule has 3 N–H and O–H groups in total. The van der Waals surface area contributed by atoms with Crippen LogP contribution < -0.4 is 9.44 Å². The van der Waals surface area contributed by atoms with E-state index in [1.807, 2.05) is 0 Å². The molecule has 84 valence electrons. The molecule has 1 aromatic rings. The molecular weight excluding hydrogens is 240 g/mol. The van der Waals surface area contributed by atoms with Crippen LogP contribution >= 0.6 is 0 Å². The van der Waals surface area contributed by atoms with E-state index in [9.17, 15) is 12.6 Å². The van der Waals surface area contributed by atoms with Gasteiger partial charge in [-0.1, -0.05) is 6.07 Å². The molecule has 0 heterocycles. The maximum Gasteiger partial charge on any atom is 0.259 e. The Bertz CT molecular complexity index is 472. The van der Waals surface area contributed by atoms with E-state index in [0.29, 0.717) is 11.4 Å². The molecule has 1 unspecified atom stereocenters. The second kappa shape index (κ2) is 4.60. The second-order valence-corrected chi connectivity index (χ2v) is 5.26. The van der Waals surface area contributed by atoms with E-state index < -0.39 is 21.3 Å². The van der Waals surface area contributed by atoms with Gasteiger partial charge in [-0.25, -0.2) is 12.6 Å². The SMILES string of the molecule is CS(=O)(=O)Nc1cccc(NS(=O)O)c1. The van der Waals surface area contributed by atoms with E-state index >= 15 is 0 Å². The lowest BCUT2D eigenvalue weighted by Crippen LogP contribution is -2.10. The molecule has 0 saturated carbocycles. The number of benzene rings is 1. The van der Waals surface area contributed by atoms with Gasteiger partial charge in [-0.05, 0) is 18.2 Å². The fraction of sp³-hybridized carbons (Fsp3) is 0.143. The van der Waals surface area contributed by atoms with E-state index in [1.165, 1.54) is 12.1 Å². The normalized spacial score (nSPS) is 13.2. The topological polar surface area (TPSA) is 95.5 Å². The van der Waals surface area contributed by atoms with Gasteiger partial charge in [-0.3, -0.25) is 14.0 Å². The number of rotatable bonds is 4. The summed E-state index contributed by atoms with van der Waals surface area (Å²) in [6.07, 6.45) is 1.03. The van der Waals surface area contributed by atoms with Gasteiger partial charge in [0, 0.05) is 0 Å². The summed E-state index contributed by atoms with van der Waals surface area (Å²) >= 11 is -2.18. The largest absolute Gasteiger partial charge is 0.289 e. The smallest absolute Gasteiger partial charge is 0.259 e. The predicted molar refractivity (Wildman–Crippen MR) is 59.3 cm³/mol.